The highest BCUT2D eigenvalue weighted by atomic mass is 35.5. The highest BCUT2D eigenvalue weighted by Crippen LogP contribution is 2.31. The molecule has 0 saturated carbocycles. The molecule has 1 N–H and O–H groups in total. The van der Waals surface area contributed by atoms with Gasteiger partial charge in [0.15, 0.2) is 11.5 Å². The van der Waals surface area contributed by atoms with E-state index in [9.17, 15) is 4.79 Å². The normalized spacial score (nSPS) is 10.7. The van der Waals surface area contributed by atoms with Crippen molar-refractivity contribution in [1.82, 2.24) is 14.8 Å². The molecule has 4 aromatic rings. The molecule has 1 amide bonds. The molecule has 0 radical (unpaired) electrons. The lowest BCUT2D eigenvalue weighted by Gasteiger charge is -2.14. The van der Waals surface area contributed by atoms with Crippen LogP contribution in [0.1, 0.15) is 16.1 Å². The fraction of sp³-hybridized carbons (Fsp3) is 0.136. The topological polar surface area (TPSA) is 78.3 Å². The Morgan fingerprint density at radius 2 is 2.00 bits per heavy atom. The second-order valence-corrected chi connectivity index (χ2v) is 7.82. The number of aromatic nitrogens is 3. The second-order valence-electron chi connectivity index (χ2n) is 6.53. The van der Waals surface area contributed by atoms with E-state index in [1.54, 1.807) is 42.6 Å². The number of methoxy groups -OCH3 is 2. The average Bonchev–Trinajstić information content (AvgIpc) is 3.43. The maximum atomic E-state index is 12.8. The predicted octanol–water partition coefficient (Wildman–Crippen LogP) is 4.98. The number of carbonyl (C=O) groups excluding carboxylic acids is 1. The summed E-state index contributed by atoms with van der Waals surface area (Å²) < 4.78 is 12.5. The highest BCUT2D eigenvalue weighted by Gasteiger charge is 2.16. The molecule has 0 bridgehead atoms. The maximum absolute atomic E-state index is 12.8. The number of hydrogen-bond acceptors (Lipinski definition) is 6. The molecule has 0 atom stereocenters. The monoisotopic (exact) mass is 454 g/mol. The molecule has 7 nitrogen and oxygen atoms in total. The van der Waals surface area contributed by atoms with Gasteiger partial charge in [-0.2, -0.15) is 5.10 Å². The van der Waals surface area contributed by atoms with E-state index in [1.165, 1.54) is 11.3 Å². The first-order valence-electron chi connectivity index (χ1n) is 9.33. The van der Waals surface area contributed by atoms with E-state index in [4.69, 9.17) is 21.1 Å². The predicted molar refractivity (Wildman–Crippen MR) is 121 cm³/mol. The molecule has 2 heterocycles. The summed E-state index contributed by atoms with van der Waals surface area (Å²) >= 11 is 7.44. The molecule has 0 unspecified atom stereocenters. The van der Waals surface area contributed by atoms with Gasteiger partial charge in [-0.3, -0.25) is 4.79 Å². The Balaban J connectivity index is 1.52. The molecular weight excluding hydrogens is 436 g/mol. The van der Waals surface area contributed by atoms with Crippen LogP contribution < -0.4 is 14.8 Å². The molecule has 0 fully saturated rings. The van der Waals surface area contributed by atoms with Crippen molar-refractivity contribution in [3.05, 3.63) is 76.4 Å². The standard InChI is InChI=1S/C22H19ClN4O3S/c1-29-18-8-4-6-15(20(18)30-2)12-27-19(9-10-24-27)26-21(28)17-13-31-22(25-17)14-5-3-7-16(23)11-14/h3-11,13H,12H2,1-2H3,(H,26,28). The van der Waals surface area contributed by atoms with Crippen molar-refractivity contribution in [3.63, 3.8) is 0 Å². The number of thiazole rings is 1. The van der Waals surface area contributed by atoms with Gasteiger partial charge in [-0.15, -0.1) is 11.3 Å². The van der Waals surface area contributed by atoms with Gasteiger partial charge in [0.25, 0.3) is 5.91 Å². The summed E-state index contributed by atoms with van der Waals surface area (Å²) in [5.74, 6) is 1.49. The van der Waals surface area contributed by atoms with Gasteiger partial charge in [0.1, 0.15) is 16.5 Å². The van der Waals surface area contributed by atoms with Crippen LogP contribution in [0.3, 0.4) is 0 Å². The van der Waals surface area contributed by atoms with E-state index in [0.717, 1.165) is 16.1 Å². The van der Waals surface area contributed by atoms with Crippen molar-refractivity contribution in [2.24, 2.45) is 0 Å². The van der Waals surface area contributed by atoms with Gasteiger partial charge in [-0.05, 0) is 18.2 Å². The maximum Gasteiger partial charge on any atom is 0.276 e. The van der Waals surface area contributed by atoms with Crippen molar-refractivity contribution in [2.75, 3.05) is 19.5 Å². The van der Waals surface area contributed by atoms with E-state index in [-0.39, 0.29) is 5.91 Å². The molecule has 158 valence electrons. The zero-order valence-corrected chi connectivity index (χ0v) is 18.4. The van der Waals surface area contributed by atoms with Crippen LogP contribution in [-0.2, 0) is 6.54 Å². The van der Waals surface area contributed by atoms with Crippen LogP contribution in [0.5, 0.6) is 11.5 Å². The minimum Gasteiger partial charge on any atom is -0.493 e. The summed E-state index contributed by atoms with van der Waals surface area (Å²) in [6.07, 6.45) is 1.63. The Morgan fingerprint density at radius 1 is 1.16 bits per heavy atom. The summed E-state index contributed by atoms with van der Waals surface area (Å²) in [4.78, 5) is 17.2. The van der Waals surface area contributed by atoms with Crippen LogP contribution in [0.4, 0.5) is 5.82 Å². The number of carbonyl (C=O) groups is 1. The number of anilines is 1. The van der Waals surface area contributed by atoms with Crippen LogP contribution in [0, 0.1) is 0 Å². The van der Waals surface area contributed by atoms with Gasteiger partial charge in [0.2, 0.25) is 0 Å². The molecule has 31 heavy (non-hydrogen) atoms. The number of nitrogens with zero attached hydrogens (tertiary/aromatic N) is 3. The first kappa shape index (κ1) is 20.9. The Bertz CT molecular complexity index is 1220. The molecule has 4 rings (SSSR count). The third kappa shape index (κ3) is 4.55. The van der Waals surface area contributed by atoms with Gasteiger partial charge < -0.3 is 14.8 Å². The number of benzene rings is 2. The first-order valence-corrected chi connectivity index (χ1v) is 10.6. The Morgan fingerprint density at radius 3 is 2.77 bits per heavy atom. The zero-order valence-electron chi connectivity index (χ0n) is 16.8. The van der Waals surface area contributed by atoms with E-state index in [2.05, 4.69) is 15.4 Å². The molecule has 0 saturated heterocycles. The Kier molecular flexibility index (Phi) is 6.20. The molecule has 9 heteroatoms. The quantitative estimate of drug-likeness (QED) is 0.426. The molecule has 0 aliphatic heterocycles. The molecule has 0 aliphatic carbocycles. The van der Waals surface area contributed by atoms with Crippen LogP contribution in [0.15, 0.2) is 60.1 Å². The highest BCUT2D eigenvalue weighted by molar-refractivity contribution is 7.13. The van der Waals surface area contributed by atoms with Crippen molar-refractivity contribution in [1.29, 1.82) is 0 Å². The van der Waals surface area contributed by atoms with E-state index < -0.39 is 0 Å². The Hall–Kier alpha value is -3.36. The smallest absolute Gasteiger partial charge is 0.276 e. The average molecular weight is 455 g/mol. The molecular formula is C22H19ClN4O3S. The molecule has 2 aromatic heterocycles. The van der Waals surface area contributed by atoms with Crippen LogP contribution in [-0.4, -0.2) is 34.9 Å². The lowest BCUT2D eigenvalue weighted by molar-refractivity contribution is 0.102. The molecule has 0 spiro atoms. The lowest BCUT2D eigenvalue weighted by atomic mass is 10.2. The number of hydrogen-bond donors (Lipinski definition) is 1. The van der Waals surface area contributed by atoms with E-state index in [0.29, 0.717) is 34.6 Å². The minimum absolute atomic E-state index is 0.316. The van der Waals surface area contributed by atoms with Gasteiger partial charge in [0.05, 0.1) is 27.0 Å². The van der Waals surface area contributed by atoms with Gasteiger partial charge in [0, 0.05) is 27.6 Å². The number of ether oxygens (including phenoxy) is 2. The minimum atomic E-state index is -0.316. The third-order valence-corrected chi connectivity index (χ3v) is 5.70. The van der Waals surface area contributed by atoms with Crippen molar-refractivity contribution >= 4 is 34.7 Å². The number of amides is 1. The number of nitrogens with one attached hydrogen (secondary N) is 1. The van der Waals surface area contributed by atoms with Gasteiger partial charge >= 0.3 is 0 Å². The largest absolute Gasteiger partial charge is 0.493 e. The van der Waals surface area contributed by atoms with Gasteiger partial charge in [-0.25, -0.2) is 9.67 Å². The summed E-state index contributed by atoms with van der Waals surface area (Å²) in [5, 5.41) is 10.3. The first-order chi connectivity index (χ1) is 15.1. The van der Waals surface area contributed by atoms with Crippen LogP contribution >= 0.6 is 22.9 Å². The van der Waals surface area contributed by atoms with Crippen molar-refractivity contribution in [2.45, 2.75) is 6.54 Å². The lowest BCUT2D eigenvalue weighted by Crippen LogP contribution is -2.16. The fourth-order valence-electron chi connectivity index (χ4n) is 3.12. The third-order valence-electron chi connectivity index (χ3n) is 4.57. The number of halogens is 1. The number of para-hydroxylation sites is 1. The van der Waals surface area contributed by atoms with Crippen molar-refractivity contribution in [3.8, 4) is 22.1 Å². The van der Waals surface area contributed by atoms with Crippen molar-refractivity contribution < 1.29 is 14.3 Å². The summed E-state index contributed by atoms with van der Waals surface area (Å²) in [5.41, 5.74) is 2.07. The van der Waals surface area contributed by atoms with Crippen LogP contribution in [0.25, 0.3) is 10.6 Å². The second kappa shape index (κ2) is 9.20. The summed E-state index contributed by atoms with van der Waals surface area (Å²) in [6, 6.07) is 14.7. The van der Waals surface area contributed by atoms with E-state index in [1.807, 2.05) is 36.4 Å². The fourth-order valence-corrected chi connectivity index (χ4v) is 4.10. The SMILES string of the molecule is COc1cccc(Cn2nccc2NC(=O)c2csc(-c3cccc(Cl)c3)n2)c1OC. The Labute approximate surface area is 188 Å². The summed E-state index contributed by atoms with van der Waals surface area (Å²) in [6.45, 7) is 0.397. The number of rotatable bonds is 7. The summed E-state index contributed by atoms with van der Waals surface area (Å²) in [7, 11) is 3.18. The van der Waals surface area contributed by atoms with Crippen LogP contribution in [0.2, 0.25) is 5.02 Å². The molecule has 0 aliphatic rings. The van der Waals surface area contributed by atoms with E-state index >= 15 is 0 Å². The zero-order chi connectivity index (χ0) is 21.8. The van der Waals surface area contributed by atoms with Gasteiger partial charge in [-0.1, -0.05) is 35.9 Å². The molecule has 2 aromatic carbocycles.